The molecule has 0 saturated carbocycles. The number of benzene rings is 2. The van der Waals surface area contributed by atoms with E-state index < -0.39 is 9.84 Å². The minimum absolute atomic E-state index is 0.131. The molecule has 1 atom stereocenters. The van der Waals surface area contributed by atoms with Crippen molar-refractivity contribution in [3.63, 3.8) is 0 Å². The molecule has 2 aromatic carbocycles. The third kappa shape index (κ3) is 5.04. The molecule has 2 rings (SSSR count). The van der Waals surface area contributed by atoms with Crippen LogP contribution in [0, 0.1) is 5.82 Å². The number of hydrogen-bond donors (Lipinski definition) is 1. The molecule has 4 nitrogen and oxygen atoms in total. The molecule has 1 N–H and O–H groups in total. The summed E-state index contributed by atoms with van der Waals surface area (Å²) in [5.41, 5.74) is 0.741. The van der Waals surface area contributed by atoms with E-state index in [1.165, 1.54) is 36.4 Å². The highest BCUT2D eigenvalue weighted by Gasteiger charge is 2.17. The van der Waals surface area contributed by atoms with Crippen LogP contribution < -0.4 is 5.32 Å². The van der Waals surface area contributed by atoms with Crippen molar-refractivity contribution < 1.29 is 17.6 Å². The van der Waals surface area contributed by atoms with Crippen LogP contribution in [-0.4, -0.2) is 20.1 Å². The van der Waals surface area contributed by atoms with Crippen molar-refractivity contribution in [2.45, 2.75) is 24.3 Å². The van der Waals surface area contributed by atoms with Gasteiger partial charge >= 0.3 is 0 Å². The highest BCUT2D eigenvalue weighted by molar-refractivity contribution is 7.91. The lowest BCUT2D eigenvalue weighted by Gasteiger charge is -2.14. The van der Waals surface area contributed by atoms with E-state index >= 15 is 0 Å². The lowest BCUT2D eigenvalue weighted by atomic mass is 10.1. The number of rotatable bonds is 6. The number of hydrogen-bond acceptors (Lipinski definition) is 3. The molecule has 0 aliphatic heterocycles. The smallest absolute Gasteiger partial charge is 0.221 e. The van der Waals surface area contributed by atoms with Crippen molar-refractivity contribution in [2.24, 2.45) is 0 Å². The Hall–Kier alpha value is -1.92. The number of amides is 1. The summed E-state index contributed by atoms with van der Waals surface area (Å²) in [4.78, 5) is 12.1. The largest absolute Gasteiger partial charge is 0.350 e. The summed E-state index contributed by atoms with van der Waals surface area (Å²) >= 11 is 5.73. The molecule has 0 bridgehead atoms. The topological polar surface area (TPSA) is 63.2 Å². The van der Waals surface area contributed by atoms with Crippen LogP contribution >= 0.6 is 11.6 Å². The average Bonchev–Trinajstić information content (AvgIpc) is 2.54. The van der Waals surface area contributed by atoms with Gasteiger partial charge in [0.05, 0.1) is 16.7 Å². The summed E-state index contributed by atoms with van der Waals surface area (Å²) in [6.07, 6.45) is -0.156. The van der Waals surface area contributed by atoms with Crippen LogP contribution in [-0.2, 0) is 14.6 Å². The summed E-state index contributed by atoms with van der Waals surface area (Å²) < 4.78 is 37.2. The molecule has 0 spiro atoms. The SMILES string of the molecule is CC(NC(=O)CCS(=O)(=O)c1ccc(Cl)cc1)c1ccc(F)cc1. The zero-order valence-corrected chi connectivity index (χ0v) is 14.6. The summed E-state index contributed by atoms with van der Waals surface area (Å²) in [5, 5.41) is 3.15. The maximum atomic E-state index is 12.9. The van der Waals surface area contributed by atoms with E-state index in [0.29, 0.717) is 5.02 Å². The molecule has 24 heavy (non-hydrogen) atoms. The first kappa shape index (κ1) is 18.4. The number of carbonyl (C=O) groups is 1. The van der Waals surface area contributed by atoms with Gasteiger partial charge in [0.15, 0.2) is 9.84 Å². The second-order valence-electron chi connectivity index (χ2n) is 5.36. The summed E-state index contributed by atoms with van der Waals surface area (Å²) in [5.74, 6) is -1.04. The maximum Gasteiger partial charge on any atom is 0.221 e. The first-order valence-electron chi connectivity index (χ1n) is 7.31. The van der Waals surface area contributed by atoms with Crippen molar-refractivity contribution in [3.8, 4) is 0 Å². The minimum Gasteiger partial charge on any atom is -0.350 e. The van der Waals surface area contributed by atoms with Gasteiger partial charge in [-0.05, 0) is 48.9 Å². The van der Waals surface area contributed by atoms with E-state index in [2.05, 4.69) is 5.32 Å². The van der Waals surface area contributed by atoms with E-state index in [4.69, 9.17) is 11.6 Å². The van der Waals surface area contributed by atoms with Gasteiger partial charge in [-0.15, -0.1) is 0 Å². The lowest BCUT2D eigenvalue weighted by Crippen LogP contribution is -2.28. The van der Waals surface area contributed by atoms with E-state index in [0.717, 1.165) is 5.56 Å². The van der Waals surface area contributed by atoms with E-state index in [-0.39, 0.29) is 34.8 Å². The highest BCUT2D eigenvalue weighted by atomic mass is 35.5. The van der Waals surface area contributed by atoms with Crippen molar-refractivity contribution in [1.82, 2.24) is 5.32 Å². The fraction of sp³-hybridized carbons (Fsp3) is 0.235. The van der Waals surface area contributed by atoms with Gasteiger partial charge in [-0.3, -0.25) is 4.79 Å². The molecular weight excluding hydrogens is 353 g/mol. The Labute approximate surface area is 145 Å². The van der Waals surface area contributed by atoms with Crippen LogP contribution in [0.2, 0.25) is 5.02 Å². The standard InChI is InChI=1S/C17H17ClFNO3S/c1-12(13-2-6-15(19)7-3-13)20-17(21)10-11-24(22,23)16-8-4-14(18)5-9-16/h2-9,12H,10-11H2,1H3,(H,20,21). The third-order valence-electron chi connectivity index (χ3n) is 3.52. The molecule has 0 saturated heterocycles. The molecule has 1 unspecified atom stereocenters. The monoisotopic (exact) mass is 369 g/mol. The quantitative estimate of drug-likeness (QED) is 0.847. The average molecular weight is 370 g/mol. The Morgan fingerprint density at radius 1 is 1.12 bits per heavy atom. The summed E-state index contributed by atoms with van der Waals surface area (Å²) in [6.45, 7) is 1.75. The fourth-order valence-corrected chi connectivity index (χ4v) is 3.50. The van der Waals surface area contributed by atoms with Gasteiger partial charge in [0.2, 0.25) is 5.91 Å². The molecule has 128 valence electrons. The normalized spacial score (nSPS) is 12.6. The predicted molar refractivity (Wildman–Crippen MR) is 91.1 cm³/mol. The van der Waals surface area contributed by atoms with Crippen molar-refractivity contribution >= 4 is 27.3 Å². The van der Waals surface area contributed by atoms with Crippen LogP contribution in [0.15, 0.2) is 53.4 Å². The van der Waals surface area contributed by atoms with Crippen molar-refractivity contribution in [2.75, 3.05) is 5.75 Å². The number of carbonyl (C=O) groups excluding carboxylic acids is 1. The number of halogens is 2. The van der Waals surface area contributed by atoms with Gasteiger partial charge in [0, 0.05) is 11.4 Å². The second-order valence-corrected chi connectivity index (χ2v) is 7.91. The van der Waals surface area contributed by atoms with Gasteiger partial charge in [-0.2, -0.15) is 0 Å². The van der Waals surface area contributed by atoms with Gasteiger partial charge in [0.1, 0.15) is 5.82 Å². The van der Waals surface area contributed by atoms with E-state index in [9.17, 15) is 17.6 Å². The molecule has 0 heterocycles. The zero-order valence-electron chi connectivity index (χ0n) is 13.0. The molecule has 0 fully saturated rings. The fourth-order valence-electron chi connectivity index (χ4n) is 2.14. The van der Waals surface area contributed by atoms with Crippen molar-refractivity contribution in [1.29, 1.82) is 0 Å². The lowest BCUT2D eigenvalue weighted by molar-refractivity contribution is -0.121. The van der Waals surface area contributed by atoms with Gasteiger partial charge in [-0.25, -0.2) is 12.8 Å². The van der Waals surface area contributed by atoms with Crippen LogP contribution in [0.3, 0.4) is 0 Å². The van der Waals surface area contributed by atoms with Gasteiger partial charge in [-0.1, -0.05) is 23.7 Å². The van der Waals surface area contributed by atoms with Gasteiger partial charge in [0.25, 0.3) is 0 Å². The maximum absolute atomic E-state index is 12.9. The molecule has 1 amide bonds. The van der Waals surface area contributed by atoms with Crippen LogP contribution in [0.1, 0.15) is 24.9 Å². The number of nitrogens with one attached hydrogen (secondary N) is 1. The Kier molecular flexibility index (Phi) is 5.96. The molecule has 0 aliphatic carbocycles. The Morgan fingerprint density at radius 2 is 1.71 bits per heavy atom. The second kappa shape index (κ2) is 7.77. The Bertz CT molecular complexity index is 805. The Morgan fingerprint density at radius 3 is 2.29 bits per heavy atom. The van der Waals surface area contributed by atoms with E-state index in [1.54, 1.807) is 19.1 Å². The summed E-state index contributed by atoms with van der Waals surface area (Å²) in [7, 11) is -3.55. The minimum atomic E-state index is -3.55. The molecule has 7 heteroatoms. The predicted octanol–water partition coefficient (Wildman–Crippen LogP) is 3.52. The first-order valence-corrected chi connectivity index (χ1v) is 9.34. The first-order chi connectivity index (χ1) is 11.3. The highest BCUT2D eigenvalue weighted by Crippen LogP contribution is 2.17. The van der Waals surface area contributed by atoms with E-state index in [1.807, 2.05) is 0 Å². The zero-order chi connectivity index (χ0) is 17.7. The van der Waals surface area contributed by atoms with Crippen LogP contribution in [0.5, 0.6) is 0 Å². The van der Waals surface area contributed by atoms with Gasteiger partial charge < -0.3 is 5.32 Å². The van der Waals surface area contributed by atoms with Crippen LogP contribution in [0.4, 0.5) is 4.39 Å². The third-order valence-corrected chi connectivity index (χ3v) is 5.50. The summed E-state index contributed by atoms with van der Waals surface area (Å²) in [6, 6.07) is 11.2. The van der Waals surface area contributed by atoms with Crippen LogP contribution in [0.25, 0.3) is 0 Å². The molecule has 0 aliphatic rings. The molecule has 2 aromatic rings. The molecule has 0 radical (unpaired) electrons. The number of sulfone groups is 1. The van der Waals surface area contributed by atoms with Crippen molar-refractivity contribution in [3.05, 3.63) is 64.9 Å². The Balaban J connectivity index is 1.92. The molecular formula is C17H17ClFNO3S. The molecule has 0 aromatic heterocycles.